The van der Waals surface area contributed by atoms with Crippen LogP contribution in [0.4, 0.5) is 0 Å². The summed E-state index contributed by atoms with van der Waals surface area (Å²) in [7, 11) is 1.69. The van der Waals surface area contributed by atoms with Gasteiger partial charge < -0.3 is 4.74 Å². The van der Waals surface area contributed by atoms with Gasteiger partial charge in [-0.05, 0) is 54.8 Å². The first-order valence-electron chi connectivity index (χ1n) is 9.27. The molecule has 0 amide bonds. The van der Waals surface area contributed by atoms with Crippen LogP contribution in [0.2, 0.25) is 0 Å². The van der Waals surface area contributed by atoms with Gasteiger partial charge in [0.05, 0.1) is 19.9 Å². The van der Waals surface area contributed by atoms with E-state index in [2.05, 4.69) is 52.6 Å². The molecule has 2 aromatic carbocycles. The molecular weight excluding hydrogens is 322 g/mol. The van der Waals surface area contributed by atoms with Gasteiger partial charge in [-0.3, -0.25) is 9.58 Å². The molecule has 2 heterocycles. The van der Waals surface area contributed by atoms with E-state index in [1.807, 2.05) is 23.0 Å². The molecule has 0 aliphatic carbocycles. The quantitative estimate of drug-likeness (QED) is 0.669. The fourth-order valence-electron chi connectivity index (χ4n) is 3.52. The molecular formula is C22H25N3O. The van der Waals surface area contributed by atoms with Crippen LogP contribution in [-0.2, 0) is 13.1 Å². The van der Waals surface area contributed by atoms with Crippen molar-refractivity contribution in [2.75, 3.05) is 20.2 Å². The Hall–Kier alpha value is -2.59. The number of methoxy groups -OCH3 is 1. The maximum atomic E-state index is 5.21. The number of rotatable bonds is 6. The van der Waals surface area contributed by atoms with Crippen LogP contribution in [0.15, 0.2) is 60.9 Å². The minimum absolute atomic E-state index is 0.761. The lowest BCUT2D eigenvalue weighted by Gasteiger charge is -2.14. The summed E-state index contributed by atoms with van der Waals surface area (Å²) in [6.07, 6.45) is 6.73. The van der Waals surface area contributed by atoms with Gasteiger partial charge in [-0.15, -0.1) is 0 Å². The minimum Gasteiger partial charge on any atom is -0.497 e. The molecule has 4 heteroatoms. The van der Waals surface area contributed by atoms with E-state index in [9.17, 15) is 0 Å². The molecule has 1 aromatic heterocycles. The lowest BCUT2D eigenvalue weighted by atomic mass is 10.1. The number of aromatic nitrogens is 2. The molecule has 134 valence electrons. The molecule has 3 aromatic rings. The minimum atomic E-state index is 0.761. The van der Waals surface area contributed by atoms with Crippen molar-refractivity contribution in [1.82, 2.24) is 14.7 Å². The van der Waals surface area contributed by atoms with Crippen LogP contribution in [0, 0.1) is 0 Å². The maximum Gasteiger partial charge on any atom is 0.118 e. The topological polar surface area (TPSA) is 30.3 Å². The highest BCUT2D eigenvalue weighted by Gasteiger charge is 2.11. The number of nitrogens with zero attached hydrogens (tertiary/aromatic N) is 3. The standard InChI is InChI=1S/C22H25N3O/c1-26-22-10-6-19(7-11-22)16-25-17-21(14-23-25)20-8-4-18(5-9-20)15-24-12-2-3-13-24/h4-11,14,17H,2-3,12-13,15-16H2,1H3. The summed E-state index contributed by atoms with van der Waals surface area (Å²) in [6.45, 7) is 4.30. The monoisotopic (exact) mass is 347 g/mol. The van der Waals surface area contributed by atoms with E-state index < -0.39 is 0 Å². The Morgan fingerprint density at radius 2 is 1.50 bits per heavy atom. The Morgan fingerprint density at radius 3 is 2.19 bits per heavy atom. The van der Waals surface area contributed by atoms with Crippen LogP contribution in [-0.4, -0.2) is 34.9 Å². The number of hydrogen-bond donors (Lipinski definition) is 0. The number of ether oxygens (including phenoxy) is 1. The van der Waals surface area contributed by atoms with Crippen molar-refractivity contribution in [3.63, 3.8) is 0 Å². The summed E-state index contributed by atoms with van der Waals surface area (Å²) < 4.78 is 7.19. The zero-order chi connectivity index (χ0) is 17.8. The third kappa shape index (κ3) is 3.97. The molecule has 0 N–H and O–H groups in total. The first-order valence-corrected chi connectivity index (χ1v) is 9.27. The SMILES string of the molecule is COc1ccc(Cn2cc(-c3ccc(CN4CCCC4)cc3)cn2)cc1. The first-order chi connectivity index (χ1) is 12.8. The van der Waals surface area contributed by atoms with Gasteiger partial charge in [-0.1, -0.05) is 36.4 Å². The molecule has 0 spiro atoms. The molecule has 0 unspecified atom stereocenters. The molecule has 4 rings (SSSR count). The van der Waals surface area contributed by atoms with E-state index in [4.69, 9.17) is 4.74 Å². The summed E-state index contributed by atoms with van der Waals surface area (Å²) in [5.74, 6) is 0.879. The number of benzene rings is 2. The van der Waals surface area contributed by atoms with Crippen LogP contribution in [0.5, 0.6) is 5.75 Å². The summed E-state index contributed by atoms with van der Waals surface area (Å²) in [5, 5.41) is 4.51. The molecule has 1 saturated heterocycles. The fraction of sp³-hybridized carbons (Fsp3) is 0.318. The highest BCUT2D eigenvalue weighted by Crippen LogP contribution is 2.21. The molecule has 0 saturated carbocycles. The van der Waals surface area contributed by atoms with Gasteiger partial charge in [0.2, 0.25) is 0 Å². The number of hydrogen-bond acceptors (Lipinski definition) is 3. The third-order valence-corrected chi connectivity index (χ3v) is 5.03. The Bertz CT molecular complexity index is 831. The highest BCUT2D eigenvalue weighted by molar-refractivity contribution is 5.62. The number of likely N-dealkylation sites (tertiary alicyclic amines) is 1. The van der Waals surface area contributed by atoms with Crippen LogP contribution in [0.1, 0.15) is 24.0 Å². The van der Waals surface area contributed by atoms with E-state index in [-0.39, 0.29) is 0 Å². The molecule has 1 fully saturated rings. The molecule has 0 radical (unpaired) electrons. The second-order valence-electron chi connectivity index (χ2n) is 6.95. The Kier molecular flexibility index (Phi) is 5.02. The van der Waals surface area contributed by atoms with Crippen LogP contribution in [0.25, 0.3) is 11.1 Å². The lowest BCUT2D eigenvalue weighted by Crippen LogP contribution is -2.18. The van der Waals surface area contributed by atoms with Gasteiger partial charge in [-0.2, -0.15) is 5.10 Å². The predicted molar refractivity (Wildman–Crippen MR) is 104 cm³/mol. The molecule has 1 aliphatic heterocycles. The van der Waals surface area contributed by atoms with Gasteiger partial charge in [0.1, 0.15) is 5.75 Å². The third-order valence-electron chi connectivity index (χ3n) is 5.03. The zero-order valence-corrected chi connectivity index (χ0v) is 15.3. The van der Waals surface area contributed by atoms with E-state index in [0.717, 1.165) is 24.4 Å². The Balaban J connectivity index is 1.41. The summed E-state index contributed by atoms with van der Waals surface area (Å²) in [6, 6.07) is 17.0. The first kappa shape index (κ1) is 16.9. The van der Waals surface area contributed by atoms with Crippen molar-refractivity contribution in [2.24, 2.45) is 0 Å². The van der Waals surface area contributed by atoms with E-state index >= 15 is 0 Å². The molecule has 4 nitrogen and oxygen atoms in total. The van der Waals surface area contributed by atoms with Crippen molar-refractivity contribution in [1.29, 1.82) is 0 Å². The van der Waals surface area contributed by atoms with Gasteiger partial charge >= 0.3 is 0 Å². The molecule has 1 aliphatic rings. The van der Waals surface area contributed by atoms with E-state index in [1.165, 1.54) is 42.6 Å². The highest BCUT2D eigenvalue weighted by atomic mass is 16.5. The molecule has 0 atom stereocenters. The average Bonchev–Trinajstić information content (AvgIpc) is 3.35. The smallest absolute Gasteiger partial charge is 0.118 e. The van der Waals surface area contributed by atoms with Crippen LogP contribution < -0.4 is 4.74 Å². The molecule has 26 heavy (non-hydrogen) atoms. The fourth-order valence-corrected chi connectivity index (χ4v) is 3.52. The van der Waals surface area contributed by atoms with Crippen molar-refractivity contribution >= 4 is 0 Å². The lowest BCUT2D eigenvalue weighted by molar-refractivity contribution is 0.331. The summed E-state index contributed by atoms with van der Waals surface area (Å²) in [4.78, 5) is 2.53. The van der Waals surface area contributed by atoms with Crippen LogP contribution >= 0.6 is 0 Å². The van der Waals surface area contributed by atoms with Crippen molar-refractivity contribution in [3.05, 3.63) is 72.1 Å². The Labute approximate surface area is 155 Å². The Morgan fingerprint density at radius 1 is 0.846 bits per heavy atom. The van der Waals surface area contributed by atoms with Gasteiger partial charge in [0.25, 0.3) is 0 Å². The second-order valence-corrected chi connectivity index (χ2v) is 6.95. The second kappa shape index (κ2) is 7.75. The summed E-state index contributed by atoms with van der Waals surface area (Å²) >= 11 is 0. The normalized spacial score (nSPS) is 14.7. The van der Waals surface area contributed by atoms with Crippen molar-refractivity contribution in [3.8, 4) is 16.9 Å². The van der Waals surface area contributed by atoms with Crippen molar-refractivity contribution < 1.29 is 4.74 Å². The van der Waals surface area contributed by atoms with Gasteiger partial charge in [0.15, 0.2) is 0 Å². The molecule has 0 bridgehead atoms. The van der Waals surface area contributed by atoms with Gasteiger partial charge in [0, 0.05) is 18.3 Å². The van der Waals surface area contributed by atoms with Crippen LogP contribution in [0.3, 0.4) is 0 Å². The van der Waals surface area contributed by atoms with E-state index in [0.29, 0.717) is 0 Å². The van der Waals surface area contributed by atoms with E-state index in [1.54, 1.807) is 7.11 Å². The predicted octanol–water partition coefficient (Wildman–Crippen LogP) is 4.20. The maximum absolute atomic E-state index is 5.21. The average molecular weight is 347 g/mol. The summed E-state index contributed by atoms with van der Waals surface area (Å²) in [5.41, 5.74) is 4.98. The zero-order valence-electron chi connectivity index (χ0n) is 15.3. The largest absolute Gasteiger partial charge is 0.497 e. The van der Waals surface area contributed by atoms with Gasteiger partial charge in [-0.25, -0.2) is 0 Å². The van der Waals surface area contributed by atoms with Crippen molar-refractivity contribution in [2.45, 2.75) is 25.9 Å².